The standard InChI is InChI=1S/C24H26ClF2NOS/c1-24-13-28-8-7-21(24)29-23-17(24)9-14(22-18(26)11-15(25)12-19(22)27)10-20(23)30-16-5-3-2-4-6-16/h9-12,16,21,28H,2-8,13H2,1H3/t21-,24-/m0/s1. The Hall–Kier alpha value is -1.30. The number of thioether (sulfide) groups is 1. The molecule has 0 amide bonds. The zero-order chi connectivity index (χ0) is 20.9. The summed E-state index contributed by atoms with van der Waals surface area (Å²) in [6.07, 6.45) is 7.15. The van der Waals surface area contributed by atoms with E-state index in [-0.39, 0.29) is 22.1 Å². The predicted octanol–water partition coefficient (Wildman–Crippen LogP) is 6.72. The molecule has 160 valence electrons. The van der Waals surface area contributed by atoms with Gasteiger partial charge in [-0.3, -0.25) is 0 Å². The fraction of sp³-hybridized carbons (Fsp3) is 0.500. The molecule has 0 bridgehead atoms. The Bertz CT molecular complexity index is 955. The van der Waals surface area contributed by atoms with Crippen LogP contribution < -0.4 is 10.1 Å². The number of rotatable bonds is 3. The highest BCUT2D eigenvalue weighted by Crippen LogP contribution is 2.52. The van der Waals surface area contributed by atoms with E-state index >= 15 is 0 Å². The first-order valence-electron chi connectivity index (χ1n) is 10.8. The van der Waals surface area contributed by atoms with Gasteiger partial charge < -0.3 is 10.1 Å². The van der Waals surface area contributed by atoms with Gasteiger partial charge in [-0.05, 0) is 55.6 Å². The molecule has 2 aliphatic heterocycles. The van der Waals surface area contributed by atoms with Crippen LogP contribution in [0.3, 0.4) is 0 Å². The predicted molar refractivity (Wildman–Crippen MR) is 119 cm³/mol. The lowest BCUT2D eigenvalue weighted by Crippen LogP contribution is -2.50. The lowest BCUT2D eigenvalue weighted by Gasteiger charge is -2.35. The van der Waals surface area contributed by atoms with Crippen molar-refractivity contribution >= 4 is 23.4 Å². The molecule has 0 aromatic heterocycles. The van der Waals surface area contributed by atoms with Crippen molar-refractivity contribution in [3.05, 3.63) is 46.5 Å². The van der Waals surface area contributed by atoms with Gasteiger partial charge in [0.1, 0.15) is 23.5 Å². The Morgan fingerprint density at radius 2 is 1.80 bits per heavy atom. The molecular formula is C24H26ClF2NOS. The van der Waals surface area contributed by atoms with E-state index < -0.39 is 11.6 Å². The maximum Gasteiger partial charge on any atom is 0.137 e. The first kappa shape index (κ1) is 20.6. The Balaban J connectivity index is 1.64. The van der Waals surface area contributed by atoms with Crippen LogP contribution in [0, 0.1) is 11.6 Å². The van der Waals surface area contributed by atoms with Crippen molar-refractivity contribution in [3.63, 3.8) is 0 Å². The summed E-state index contributed by atoms with van der Waals surface area (Å²) in [4.78, 5) is 1.01. The molecule has 2 heterocycles. The number of halogens is 3. The maximum absolute atomic E-state index is 14.8. The van der Waals surface area contributed by atoms with E-state index in [9.17, 15) is 8.78 Å². The largest absolute Gasteiger partial charge is 0.488 e. The summed E-state index contributed by atoms with van der Waals surface area (Å²) in [6.45, 7) is 3.92. The van der Waals surface area contributed by atoms with Crippen LogP contribution in [0.4, 0.5) is 8.78 Å². The molecule has 2 aromatic carbocycles. The zero-order valence-electron chi connectivity index (χ0n) is 17.1. The molecule has 6 heteroatoms. The lowest BCUT2D eigenvalue weighted by molar-refractivity contribution is 0.119. The van der Waals surface area contributed by atoms with E-state index in [0.29, 0.717) is 10.8 Å². The third-order valence-electron chi connectivity index (χ3n) is 6.86. The molecule has 30 heavy (non-hydrogen) atoms. The third kappa shape index (κ3) is 3.53. The molecule has 1 saturated heterocycles. The maximum atomic E-state index is 14.8. The van der Waals surface area contributed by atoms with Gasteiger partial charge in [0.15, 0.2) is 0 Å². The Labute approximate surface area is 185 Å². The van der Waals surface area contributed by atoms with Gasteiger partial charge in [0.25, 0.3) is 0 Å². The second-order valence-corrected chi connectivity index (χ2v) is 10.7. The number of benzene rings is 2. The average Bonchev–Trinajstić information content (AvgIpc) is 3.01. The van der Waals surface area contributed by atoms with Crippen LogP contribution in [0.1, 0.15) is 51.0 Å². The van der Waals surface area contributed by atoms with Crippen LogP contribution in [0.5, 0.6) is 5.75 Å². The van der Waals surface area contributed by atoms with Gasteiger partial charge in [-0.25, -0.2) is 8.78 Å². The number of ether oxygens (including phenoxy) is 1. The molecule has 1 N–H and O–H groups in total. The normalized spacial score (nSPS) is 26.2. The molecule has 2 fully saturated rings. The number of piperidine rings is 1. The minimum atomic E-state index is -0.629. The number of hydrogen-bond acceptors (Lipinski definition) is 3. The van der Waals surface area contributed by atoms with Crippen molar-refractivity contribution in [2.24, 2.45) is 0 Å². The van der Waals surface area contributed by atoms with Crippen molar-refractivity contribution in [2.75, 3.05) is 13.1 Å². The van der Waals surface area contributed by atoms with E-state index in [2.05, 4.69) is 12.2 Å². The number of nitrogens with one attached hydrogen (secondary N) is 1. The Morgan fingerprint density at radius 1 is 1.07 bits per heavy atom. The molecule has 0 spiro atoms. The minimum Gasteiger partial charge on any atom is -0.488 e. The van der Waals surface area contributed by atoms with Gasteiger partial charge in [0.2, 0.25) is 0 Å². The molecular weight excluding hydrogens is 424 g/mol. The topological polar surface area (TPSA) is 21.3 Å². The van der Waals surface area contributed by atoms with E-state index in [1.54, 1.807) is 0 Å². The van der Waals surface area contributed by atoms with Gasteiger partial charge in [0.05, 0.1) is 10.5 Å². The number of hydrogen-bond donors (Lipinski definition) is 1. The molecule has 2 nitrogen and oxygen atoms in total. The smallest absolute Gasteiger partial charge is 0.137 e. The van der Waals surface area contributed by atoms with Gasteiger partial charge in [0, 0.05) is 27.8 Å². The fourth-order valence-electron chi connectivity index (χ4n) is 5.17. The first-order chi connectivity index (χ1) is 14.5. The zero-order valence-corrected chi connectivity index (χ0v) is 18.6. The van der Waals surface area contributed by atoms with Crippen molar-refractivity contribution in [3.8, 4) is 16.9 Å². The highest BCUT2D eigenvalue weighted by atomic mass is 35.5. The second kappa shape index (κ2) is 7.99. The van der Waals surface area contributed by atoms with Crippen molar-refractivity contribution in [1.82, 2.24) is 5.32 Å². The highest BCUT2D eigenvalue weighted by molar-refractivity contribution is 8.00. The molecule has 2 aromatic rings. The number of fused-ring (bicyclic) bond motifs is 3. The molecule has 1 aliphatic carbocycles. The summed E-state index contributed by atoms with van der Waals surface area (Å²) in [5.41, 5.74) is 1.41. The molecule has 5 rings (SSSR count). The summed E-state index contributed by atoms with van der Waals surface area (Å²) in [5.74, 6) is -0.341. The second-order valence-electron chi connectivity index (χ2n) is 8.96. The van der Waals surface area contributed by atoms with Crippen molar-refractivity contribution < 1.29 is 13.5 Å². The summed E-state index contributed by atoms with van der Waals surface area (Å²) >= 11 is 7.69. The Morgan fingerprint density at radius 3 is 2.53 bits per heavy atom. The van der Waals surface area contributed by atoms with Crippen molar-refractivity contribution in [1.29, 1.82) is 0 Å². The Kier molecular flexibility index (Phi) is 5.49. The van der Waals surface area contributed by atoms with Crippen LogP contribution in [0.15, 0.2) is 29.2 Å². The minimum absolute atomic E-state index is 0.0106. The molecule has 0 radical (unpaired) electrons. The van der Waals surface area contributed by atoms with Crippen molar-refractivity contribution in [2.45, 2.75) is 67.1 Å². The highest BCUT2D eigenvalue weighted by Gasteiger charge is 2.48. The van der Waals surface area contributed by atoms with E-state index in [4.69, 9.17) is 16.3 Å². The van der Waals surface area contributed by atoms with Crippen LogP contribution in [-0.2, 0) is 5.41 Å². The molecule has 1 saturated carbocycles. The summed E-state index contributed by atoms with van der Waals surface area (Å²) in [5, 5.41) is 4.07. The van der Waals surface area contributed by atoms with E-state index in [1.807, 2.05) is 23.9 Å². The van der Waals surface area contributed by atoms with Crippen LogP contribution in [0.2, 0.25) is 5.02 Å². The van der Waals surface area contributed by atoms with E-state index in [1.165, 1.54) is 44.2 Å². The van der Waals surface area contributed by atoms with E-state index in [0.717, 1.165) is 35.7 Å². The third-order valence-corrected chi connectivity index (χ3v) is 8.44. The fourth-order valence-corrected chi connectivity index (χ4v) is 6.75. The average molecular weight is 450 g/mol. The summed E-state index contributed by atoms with van der Waals surface area (Å²) in [6, 6.07) is 6.22. The summed E-state index contributed by atoms with van der Waals surface area (Å²) < 4.78 is 36.1. The molecule has 0 unspecified atom stereocenters. The lowest BCUT2D eigenvalue weighted by atomic mass is 9.75. The molecule has 2 atom stereocenters. The van der Waals surface area contributed by atoms with Gasteiger partial charge in [-0.15, -0.1) is 11.8 Å². The van der Waals surface area contributed by atoms with Gasteiger partial charge in [-0.1, -0.05) is 37.8 Å². The van der Waals surface area contributed by atoms with Crippen LogP contribution in [-0.4, -0.2) is 24.4 Å². The van der Waals surface area contributed by atoms with Gasteiger partial charge >= 0.3 is 0 Å². The van der Waals surface area contributed by atoms with Crippen LogP contribution >= 0.6 is 23.4 Å². The SMILES string of the molecule is C[C@@]12CNCC[C@@H]1Oc1c(SC3CCCCC3)cc(-c3c(F)cc(Cl)cc3F)cc12. The van der Waals surface area contributed by atoms with Gasteiger partial charge in [-0.2, -0.15) is 0 Å². The molecule has 3 aliphatic rings. The monoisotopic (exact) mass is 449 g/mol. The first-order valence-corrected chi connectivity index (χ1v) is 12.1. The quantitative estimate of drug-likeness (QED) is 0.561. The van der Waals surface area contributed by atoms with Crippen LogP contribution in [0.25, 0.3) is 11.1 Å². The summed E-state index contributed by atoms with van der Waals surface area (Å²) in [7, 11) is 0.